The number of thiophene rings is 1. The van der Waals surface area contributed by atoms with E-state index in [1.54, 1.807) is 11.3 Å². The molecule has 1 aromatic carbocycles. The molecule has 3 heterocycles. The number of nitrogens with one attached hydrogen (secondary N) is 1. The molecule has 0 fully saturated rings. The number of thiazole rings is 1. The number of anilines is 1. The minimum absolute atomic E-state index is 0.135. The molecule has 0 aliphatic carbocycles. The molecule has 6 nitrogen and oxygen atoms in total. The van der Waals surface area contributed by atoms with Gasteiger partial charge in [-0.3, -0.25) is 9.36 Å². The number of rotatable bonds is 9. The Morgan fingerprint density at radius 2 is 2.00 bits per heavy atom. The maximum Gasteiger partial charge on any atom is 0.236 e. The number of thioether (sulfide) groups is 1. The normalized spacial score (nSPS) is 11.2. The molecule has 0 aliphatic heterocycles. The third-order valence-electron chi connectivity index (χ3n) is 4.70. The molecular formula is C23H22BrN5OS3. The van der Waals surface area contributed by atoms with Crippen molar-refractivity contribution in [1.82, 2.24) is 19.7 Å². The number of amides is 1. The Hall–Kier alpha value is -2.27. The van der Waals surface area contributed by atoms with Gasteiger partial charge in [-0.15, -0.1) is 39.4 Å². The Balaban J connectivity index is 1.41. The molecule has 3 aromatic heterocycles. The SMILES string of the molecule is C=CCn1c(SCC(=O)Nc2nc(-c3ccc(Br)cc3)cs2)nnc1-c1csc(C(C)C)c1. The summed E-state index contributed by atoms with van der Waals surface area (Å²) in [4.78, 5) is 18.4. The lowest BCUT2D eigenvalue weighted by atomic mass is 10.1. The monoisotopic (exact) mass is 559 g/mol. The van der Waals surface area contributed by atoms with Gasteiger partial charge < -0.3 is 5.32 Å². The van der Waals surface area contributed by atoms with Crippen molar-refractivity contribution in [3.05, 3.63) is 63.1 Å². The highest BCUT2D eigenvalue weighted by molar-refractivity contribution is 9.10. The summed E-state index contributed by atoms with van der Waals surface area (Å²) in [5, 5.41) is 16.9. The third-order valence-corrected chi connectivity index (χ3v) is 8.18. The molecule has 1 N–H and O–H groups in total. The lowest BCUT2D eigenvalue weighted by Crippen LogP contribution is -2.14. The molecule has 1 amide bonds. The van der Waals surface area contributed by atoms with Gasteiger partial charge in [0.2, 0.25) is 5.91 Å². The molecule has 33 heavy (non-hydrogen) atoms. The predicted octanol–water partition coefficient (Wildman–Crippen LogP) is 6.93. The molecule has 0 atom stereocenters. The summed E-state index contributed by atoms with van der Waals surface area (Å²) < 4.78 is 3.01. The standard InChI is InChI=1S/C23H22BrN5OS3/c1-4-9-29-21(16-10-19(14(2)3)31-11-16)27-28-23(29)33-13-20(30)26-22-25-18(12-32-22)15-5-7-17(24)8-6-15/h4-8,10-12,14H,1,9,13H2,2-3H3,(H,25,26,30). The zero-order valence-electron chi connectivity index (χ0n) is 18.1. The summed E-state index contributed by atoms with van der Waals surface area (Å²) in [7, 11) is 0. The maximum atomic E-state index is 12.6. The average Bonchev–Trinajstić information content (AvgIpc) is 3.53. The van der Waals surface area contributed by atoms with Gasteiger partial charge in [0.05, 0.1) is 11.4 Å². The Kier molecular flexibility index (Phi) is 7.79. The number of aromatic nitrogens is 4. The van der Waals surface area contributed by atoms with Crippen LogP contribution in [-0.2, 0) is 11.3 Å². The second kappa shape index (κ2) is 10.8. The molecule has 0 radical (unpaired) electrons. The fraction of sp³-hybridized carbons (Fsp3) is 0.217. The highest BCUT2D eigenvalue weighted by Crippen LogP contribution is 2.31. The van der Waals surface area contributed by atoms with Crippen LogP contribution in [0.4, 0.5) is 5.13 Å². The number of nitrogens with zero attached hydrogens (tertiary/aromatic N) is 4. The first-order valence-corrected chi connectivity index (χ1v) is 13.8. The Morgan fingerprint density at radius 3 is 2.70 bits per heavy atom. The van der Waals surface area contributed by atoms with Crippen LogP contribution < -0.4 is 5.32 Å². The minimum atomic E-state index is -0.135. The molecule has 0 spiro atoms. The van der Waals surface area contributed by atoms with E-state index in [2.05, 4.69) is 68.3 Å². The van der Waals surface area contributed by atoms with Gasteiger partial charge in [0.1, 0.15) is 0 Å². The number of halogens is 1. The Labute approximate surface area is 213 Å². The van der Waals surface area contributed by atoms with Gasteiger partial charge in [-0.2, -0.15) is 0 Å². The molecule has 10 heteroatoms. The molecule has 0 unspecified atom stereocenters. The van der Waals surface area contributed by atoms with Crippen molar-refractivity contribution < 1.29 is 4.79 Å². The fourth-order valence-corrected chi connectivity index (χ4v) is 5.70. The second-order valence-electron chi connectivity index (χ2n) is 7.48. The molecule has 4 aromatic rings. The van der Waals surface area contributed by atoms with E-state index in [9.17, 15) is 4.79 Å². The highest BCUT2D eigenvalue weighted by atomic mass is 79.9. The van der Waals surface area contributed by atoms with E-state index >= 15 is 0 Å². The van der Waals surface area contributed by atoms with E-state index < -0.39 is 0 Å². The molecule has 170 valence electrons. The maximum absolute atomic E-state index is 12.6. The molecule has 0 saturated carbocycles. The predicted molar refractivity (Wildman–Crippen MR) is 142 cm³/mol. The van der Waals surface area contributed by atoms with Gasteiger partial charge >= 0.3 is 0 Å². The molecule has 4 rings (SSSR count). The summed E-state index contributed by atoms with van der Waals surface area (Å²) in [6, 6.07) is 10.1. The molecule has 0 aliphatic rings. The largest absolute Gasteiger partial charge is 0.301 e. The van der Waals surface area contributed by atoms with E-state index in [0.29, 0.717) is 22.8 Å². The van der Waals surface area contributed by atoms with Crippen molar-refractivity contribution in [3.63, 3.8) is 0 Å². The smallest absolute Gasteiger partial charge is 0.236 e. The van der Waals surface area contributed by atoms with Gasteiger partial charge in [0, 0.05) is 37.8 Å². The van der Waals surface area contributed by atoms with Crippen LogP contribution in [0.15, 0.2) is 63.4 Å². The summed E-state index contributed by atoms with van der Waals surface area (Å²) in [6.07, 6.45) is 1.81. The van der Waals surface area contributed by atoms with Crippen LogP contribution in [0.1, 0.15) is 24.6 Å². The van der Waals surface area contributed by atoms with E-state index in [1.165, 1.54) is 28.0 Å². The summed E-state index contributed by atoms with van der Waals surface area (Å²) >= 11 is 7.92. The lowest BCUT2D eigenvalue weighted by Gasteiger charge is -2.07. The Morgan fingerprint density at radius 1 is 1.21 bits per heavy atom. The van der Waals surface area contributed by atoms with Crippen LogP contribution in [0.2, 0.25) is 0 Å². The number of hydrogen-bond donors (Lipinski definition) is 1. The third kappa shape index (κ3) is 5.81. The summed E-state index contributed by atoms with van der Waals surface area (Å²) in [5.41, 5.74) is 2.88. The van der Waals surface area contributed by atoms with Crippen LogP contribution in [0.5, 0.6) is 0 Å². The first-order chi connectivity index (χ1) is 15.9. The van der Waals surface area contributed by atoms with Gasteiger partial charge in [-0.05, 0) is 24.1 Å². The second-order valence-corrected chi connectivity index (χ2v) is 11.1. The zero-order valence-corrected chi connectivity index (χ0v) is 22.2. The Bertz CT molecular complexity index is 1260. The van der Waals surface area contributed by atoms with Crippen molar-refractivity contribution in [2.24, 2.45) is 0 Å². The van der Waals surface area contributed by atoms with E-state index in [-0.39, 0.29) is 11.7 Å². The van der Waals surface area contributed by atoms with Crippen molar-refractivity contribution in [3.8, 4) is 22.6 Å². The lowest BCUT2D eigenvalue weighted by molar-refractivity contribution is -0.113. The summed E-state index contributed by atoms with van der Waals surface area (Å²) in [6.45, 7) is 8.78. The topological polar surface area (TPSA) is 72.7 Å². The van der Waals surface area contributed by atoms with Gasteiger partial charge in [-0.25, -0.2) is 4.98 Å². The molecule has 0 bridgehead atoms. The van der Waals surface area contributed by atoms with Crippen LogP contribution in [0.25, 0.3) is 22.6 Å². The van der Waals surface area contributed by atoms with E-state index in [0.717, 1.165) is 27.1 Å². The number of hydrogen-bond acceptors (Lipinski definition) is 7. The number of carbonyl (C=O) groups is 1. The van der Waals surface area contributed by atoms with Gasteiger partial charge in [0.25, 0.3) is 0 Å². The van der Waals surface area contributed by atoms with Crippen molar-refractivity contribution >= 4 is 61.4 Å². The number of allylic oxidation sites excluding steroid dienone is 1. The van der Waals surface area contributed by atoms with Crippen LogP contribution in [0.3, 0.4) is 0 Å². The highest BCUT2D eigenvalue weighted by Gasteiger charge is 2.17. The van der Waals surface area contributed by atoms with Crippen molar-refractivity contribution in [1.29, 1.82) is 0 Å². The summed E-state index contributed by atoms with van der Waals surface area (Å²) in [5.74, 6) is 1.33. The fourth-order valence-electron chi connectivity index (χ4n) is 3.05. The molecular weight excluding hydrogens is 538 g/mol. The number of benzene rings is 1. The van der Waals surface area contributed by atoms with E-state index in [4.69, 9.17) is 0 Å². The number of carbonyl (C=O) groups excluding carboxylic acids is 1. The van der Waals surface area contributed by atoms with E-state index in [1.807, 2.05) is 40.3 Å². The van der Waals surface area contributed by atoms with Crippen LogP contribution in [0, 0.1) is 0 Å². The van der Waals surface area contributed by atoms with Gasteiger partial charge in [0.15, 0.2) is 16.1 Å². The van der Waals surface area contributed by atoms with Gasteiger partial charge in [-0.1, -0.05) is 59.7 Å². The first kappa shape index (κ1) is 23.9. The average molecular weight is 561 g/mol. The minimum Gasteiger partial charge on any atom is -0.301 e. The van der Waals surface area contributed by atoms with Crippen LogP contribution in [-0.4, -0.2) is 31.4 Å². The zero-order chi connectivity index (χ0) is 23.4. The quantitative estimate of drug-likeness (QED) is 0.178. The van der Waals surface area contributed by atoms with Crippen LogP contribution >= 0.6 is 50.4 Å². The van der Waals surface area contributed by atoms with Crippen molar-refractivity contribution in [2.45, 2.75) is 31.5 Å². The van der Waals surface area contributed by atoms with Crippen molar-refractivity contribution in [2.75, 3.05) is 11.1 Å². The molecule has 0 saturated heterocycles. The first-order valence-electron chi connectivity index (χ1n) is 10.2.